The predicted molar refractivity (Wildman–Crippen MR) is 74.6 cm³/mol. The monoisotopic (exact) mass is 245 g/mol. The fourth-order valence-corrected chi connectivity index (χ4v) is 2.49. The number of carbonyl (C=O) groups excluding carboxylic acids is 1. The van der Waals surface area contributed by atoms with Gasteiger partial charge in [-0.25, -0.2) is 0 Å². The molecule has 0 saturated heterocycles. The molecule has 2 rings (SSSR count). The van der Waals surface area contributed by atoms with Gasteiger partial charge in [0.1, 0.15) is 0 Å². The maximum atomic E-state index is 11.4. The number of carbonyl (C=O) groups is 1. The van der Waals surface area contributed by atoms with Crippen molar-refractivity contribution in [2.75, 3.05) is 6.54 Å². The summed E-state index contributed by atoms with van der Waals surface area (Å²) in [6.45, 7) is 5.07. The van der Waals surface area contributed by atoms with Crippen molar-refractivity contribution in [2.45, 2.75) is 45.4 Å². The number of rotatable bonds is 6. The van der Waals surface area contributed by atoms with E-state index in [0.717, 1.165) is 19.4 Å². The van der Waals surface area contributed by atoms with E-state index in [9.17, 15) is 4.79 Å². The van der Waals surface area contributed by atoms with Crippen molar-refractivity contribution >= 4 is 5.91 Å². The van der Waals surface area contributed by atoms with Gasteiger partial charge in [0.15, 0.2) is 0 Å². The van der Waals surface area contributed by atoms with Crippen LogP contribution in [0.1, 0.15) is 50.2 Å². The van der Waals surface area contributed by atoms with Gasteiger partial charge < -0.3 is 5.32 Å². The van der Waals surface area contributed by atoms with E-state index in [4.69, 9.17) is 0 Å². The molecule has 1 aliphatic carbocycles. The van der Waals surface area contributed by atoms with E-state index >= 15 is 0 Å². The van der Waals surface area contributed by atoms with Gasteiger partial charge in [-0.2, -0.15) is 0 Å². The first kappa shape index (κ1) is 13.1. The number of hydrogen-bond acceptors (Lipinski definition) is 1. The molecule has 1 fully saturated rings. The van der Waals surface area contributed by atoms with Crippen LogP contribution in [0.4, 0.5) is 0 Å². The number of aryl methyl sites for hydroxylation is 1. The Morgan fingerprint density at radius 1 is 1.39 bits per heavy atom. The van der Waals surface area contributed by atoms with Crippen molar-refractivity contribution in [3.63, 3.8) is 0 Å². The Hall–Kier alpha value is -1.31. The zero-order valence-electron chi connectivity index (χ0n) is 11.4. The molecule has 0 aromatic heterocycles. The number of amides is 1. The maximum Gasteiger partial charge on any atom is 0.219 e. The third kappa shape index (κ3) is 3.34. The van der Waals surface area contributed by atoms with Gasteiger partial charge in [-0.15, -0.1) is 0 Å². The molecule has 1 aromatic rings. The molecule has 2 unspecified atom stereocenters. The van der Waals surface area contributed by atoms with Crippen LogP contribution >= 0.6 is 0 Å². The van der Waals surface area contributed by atoms with E-state index in [1.54, 1.807) is 0 Å². The van der Waals surface area contributed by atoms with E-state index in [1.165, 1.54) is 17.5 Å². The molecule has 0 radical (unpaired) electrons. The smallest absolute Gasteiger partial charge is 0.219 e. The quantitative estimate of drug-likeness (QED) is 0.819. The Labute approximate surface area is 110 Å². The predicted octanol–water partition coefficient (Wildman–Crippen LogP) is 3.27. The van der Waals surface area contributed by atoms with Gasteiger partial charge in [-0.3, -0.25) is 4.79 Å². The van der Waals surface area contributed by atoms with Crippen LogP contribution in [0.15, 0.2) is 24.3 Å². The minimum Gasteiger partial charge on any atom is -0.356 e. The first-order chi connectivity index (χ1) is 8.74. The summed E-state index contributed by atoms with van der Waals surface area (Å²) in [5.41, 5.74) is 2.86. The van der Waals surface area contributed by atoms with Crippen molar-refractivity contribution in [2.24, 2.45) is 5.92 Å². The lowest BCUT2D eigenvalue weighted by molar-refractivity contribution is -0.121. The first-order valence-corrected chi connectivity index (χ1v) is 7.10. The van der Waals surface area contributed by atoms with Crippen molar-refractivity contribution < 1.29 is 4.79 Å². The van der Waals surface area contributed by atoms with Crippen molar-refractivity contribution in [3.8, 4) is 0 Å². The highest BCUT2D eigenvalue weighted by molar-refractivity contribution is 5.75. The summed E-state index contributed by atoms with van der Waals surface area (Å²) in [6.07, 6.45) is 3.90. The van der Waals surface area contributed by atoms with Crippen LogP contribution in [0, 0.1) is 5.92 Å². The van der Waals surface area contributed by atoms with Gasteiger partial charge in [0.25, 0.3) is 0 Å². The average Bonchev–Trinajstić information content (AvgIpc) is 3.16. The van der Waals surface area contributed by atoms with E-state index in [0.29, 0.717) is 18.3 Å². The lowest BCUT2D eigenvalue weighted by Gasteiger charge is -2.05. The highest BCUT2D eigenvalue weighted by atomic mass is 16.1. The maximum absolute atomic E-state index is 11.4. The molecular formula is C16H23NO. The Kier molecular flexibility index (Phi) is 4.40. The average molecular weight is 245 g/mol. The molecule has 1 N–H and O–H groups in total. The van der Waals surface area contributed by atoms with Gasteiger partial charge in [0.2, 0.25) is 5.91 Å². The summed E-state index contributed by atoms with van der Waals surface area (Å²) in [5.74, 6) is 1.52. The second-order valence-electron chi connectivity index (χ2n) is 5.25. The molecule has 0 aliphatic heterocycles. The van der Waals surface area contributed by atoms with E-state index < -0.39 is 0 Å². The lowest BCUT2D eigenvalue weighted by atomic mass is 10.0. The normalized spacial score (nSPS) is 21.7. The van der Waals surface area contributed by atoms with Crippen molar-refractivity contribution in [3.05, 3.63) is 35.4 Å². The lowest BCUT2D eigenvalue weighted by Crippen LogP contribution is -2.25. The van der Waals surface area contributed by atoms with E-state index in [2.05, 4.69) is 36.5 Å². The molecule has 1 aromatic carbocycles. The van der Waals surface area contributed by atoms with Crippen molar-refractivity contribution in [1.29, 1.82) is 0 Å². The molecule has 1 aliphatic rings. The largest absolute Gasteiger partial charge is 0.356 e. The van der Waals surface area contributed by atoms with Crippen LogP contribution in [0.3, 0.4) is 0 Å². The summed E-state index contributed by atoms with van der Waals surface area (Å²) in [6, 6.07) is 8.87. The Balaban J connectivity index is 1.81. The van der Waals surface area contributed by atoms with Crippen LogP contribution in [-0.4, -0.2) is 12.5 Å². The molecule has 0 bridgehead atoms. The number of nitrogens with one attached hydrogen (secondary N) is 1. The van der Waals surface area contributed by atoms with Gasteiger partial charge in [0, 0.05) is 13.0 Å². The zero-order chi connectivity index (χ0) is 13.0. The fraction of sp³-hybridized carbons (Fsp3) is 0.562. The zero-order valence-corrected chi connectivity index (χ0v) is 11.4. The standard InChI is InChI=1S/C16H23NO/c1-3-6-16(18)17-11-14-10-15(14)13-8-5-7-12(4-2)9-13/h5,7-9,14-15H,3-4,6,10-11H2,1-2H3,(H,17,18). The molecule has 2 atom stereocenters. The number of hydrogen-bond donors (Lipinski definition) is 1. The molecule has 2 nitrogen and oxygen atoms in total. The molecule has 18 heavy (non-hydrogen) atoms. The Bertz CT molecular complexity index is 413. The van der Waals surface area contributed by atoms with Gasteiger partial charge in [-0.05, 0) is 42.2 Å². The summed E-state index contributed by atoms with van der Waals surface area (Å²) in [5, 5.41) is 3.03. The van der Waals surface area contributed by atoms with Crippen LogP contribution in [-0.2, 0) is 11.2 Å². The first-order valence-electron chi connectivity index (χ1n) is 7.10. The van der Waals surface area contributed by atoms with Crippen molar-refractivity contribution in [1.82, 2.24) is 5.32 Å². The Morgan fingerprint density at radius 2 is 2.22 bits per heavy atom. The van der Waals surface area contributed by atoms with Crippen LogP contribution in [0.25, 0.3) is 0 Å². The Morgan fingerprint density at radius 3 is 2.94 bits per heavy atom. The summed E-state index contributed by atoms with van der Waals surface area (Å²) in [7, 11) is 0. The molecule has 98 valence electrons. The molecular weight excluding hydrogens is 222 g/mol. The van der Waals surface area contributed by atoms with Gasteiger partial charge in [-0.1, -0.05) is 38.1 Å². The van der Waals surface area contributed by atoms with E-state index in [1.807, 2.05) is 6.92 Å². The summed E-state index contributed by atoms with van der Waals surface area (Å²) < 4.78 is 0. The van der Waals surface area contributed by atoms with Crippen LogP contribution < -0.4 is 5.32 Å². The summed E-state index contributed by atoms with van der Waals surface area (Å²) in [4.78, 5) is 11.4. The second-order valence-corrected chi connectivity index (χ2v) is 5.25. The molecule has 1 amide bonds. The highest BCUT2D eigenvalue weighted by Gasteiger charge is 2.38. The molecule has 1 saturated carbocycles. The molecule has 0 heterocycles. The van der Waals surface area contributed by atoms with Crippen LogP contribution in [0.5, 0.6) is 0 Å². The molecule has 2 heteroatoms. The fourth-order valence-electron chi connectivity index (χ4n) is 2.49. The van der Waals surface area contributed by atoms with Gasteiger partial charge >= 0.3 is 0 Å². The van der Waals surface area contributed by atoms with Crippen LogP contribution in [0.2, 0.25) is 0 Å². The minimum absolute atomic E-state index is 0.199. The number of benzene rings is 1. The topological polar surface area (TPSA) is 29.1 Å². The third-order valence-electron chi connectivity index (χ3n) is 3.75. The van der Waals surface area contributed by atoms with E-state index in [-0.39, 0.29) is 5.91 Å². The minimum atomic E-state index is 0.199. The van der Waals surface area contributed by atoms with Gasteiger partial charge in [0.05, 0.1) is 0 Å². The highest BCUT2D eigenvalue weighted by Crippen LogP contribution is 2.47. The SMILES string of the molecule is CCCC(=O)NCC1CC1c1cccc(CC)c1. The molecule has 0 spiro atoms. The third-order valence-corrected chi connectivity index (χ3v) is 3.75. The second kappa shape index (κ2) is 6.03. The summed E-state index contributed by atoms with van der Waals surface area (Å²) >= 11 is 0.